The van der Waals surface area contributed by atoms with E-state index in [-0.39, 0.29) is 36.2 Å². The van der Waals surface area contributed by atoms with Crippen molar-refractivity contribution in [1.29, 1.82) is 0 Å². The van der Waals surface area contributed by atoms with E-state index in [1.807, 2.05) is 6.92 Å². The number of Topliss-reactive ketones (excluding diaryl/α,β-unsaturated/α-hetero) is 1. The van der Waals surface area contributed by atoms with Gasteiger partial charge in [0, 0.05) is 12.8 Å². The molecule has 5 nitrogen and oxygen atoms in total. The van der Waals surface area contributed by atoms with Crippen molar-refractivity contribution in [3.8, 4) is 0 Å². The second kappa shape index (κ2) is 12.6. The van der Waals surface area contributed by atoms with Gasteiger partial charge < -0.3 is 4.55 Å². The van der Waals surface area contributed by atoms with Gasteiger partial charge in [-0.2, -0.15) is 0 Å². The van der Waals surface area contributed by atoms with Gasteiger partial charge in [-0.3, -0.25) is 8.98 Å². The van der Waals surface area contributed by atoms with Crippen LogP contribution in [0.5, 0.6) is 0 Å². The van der Waals surface area contributed by atoms with Crippen molar-refractivity contribution in [1.82, 2.24) is 0 Å². The normalized spacial score (nSPS) is 11.0. The molecule has 18 heavy (non-hydrogen) atoms. The van der Waals surface area contributed by atoms with E-state index in [0.717, 1.165) is 32.1 Å². The number of unbranched alkanes of at least 4 members (excludes halogenated alkanes) is 5. The Kier molecular flexibility index (Phi) is 14.6. The Bertz CT molecular complexity index is 303. The summed E-state index contributed by atoms with van der Waals surface area (Å²) in [5.74, 6) is 0.305. The third kappa shape index (κ3) is 16.5. The van der Waals surface area contributed by atoms with Crippen LogP contribution in [-0.2, 0) is 19.4 Å². The molecule has 0 aromatic heterocycles. The predicted molar refractivity (Wildman–Crippen MR) is 63.3 cm³/mol. The third-order valence-corrected chi connectivity index (χ3v) is 2.93. The number of carbonyl (C=O) groups excluding carboxylic acids is 1. The van der Waals surface area contributed by atoms with Gasteiger partial charge in [0.1, 0.15) is 5.78 Å². The first kappa shape index (κ1) is 20.8. The molecule has 7 heteroatoms. The van der Waals surface area contributed by atoms with Crippen LogP contribution in [0.15, 0.2) is 0 Å². The van der Waals surface area contributed by atoms with E-state index in [1.54, 1.807) is 0 Å². The van der Waals surface area contributed by atoms with Crippen molar-refractivity contribution in [3.63, 3.8) is 0 Å². The summed E-state index contributed by atoms with van der Waals surface area (Å²) in [4.78, 5) is 11.0. The van der Waals surface area contributed by atoms with Gasteiger partial charge in [0.25, 0.3) is 0 Å². The molecule has 0 aromatic rings. The van der Waals surface area contributed by atoms with Gasteiger partial charge in [-0.05, 0) is 12.8 Å². The fraction of sp³-hybridized carbons (Fsp3) is 0.909. The Morgan fingerprint density at radius 3 is 2.06 bits per heavy atom. The monoisotopic (exact) mass is 288 g/mol. The van der Waals surface area contributed by atoms with E-state index >= 15 is 0 Å². The van der Waals surface area contributed by atoms with Crippen molar-refractivity contribution in [3.05, 3.63) is 0 Å². The summed E-state index contributed by atoms with van der Waals surface area (Å²) in [6.07, 6.45) is 6.65. The van der Waals surface area contributed by atoms with Gasteiger partial charge >= 0.3 is 29.6 Å². The van der Waals surface area contributed by atoms with E-state index in [9.17, 15) is 17.8 Å². The average molecular weight is 288 g/mol. The third-order valence-electron chi connectivity index (χ3n) is 2.47. The Hall–Kier alpha value is 0.540. The second-order valence-corrected chi connectivity index (χ2v) is 5.05. The number of hydrogen-bond acceptors (Lipinski definition) is 5. The SMILES string of the molecule is CCC(=O)CCCCCCCCOS(=O)(=O)[O-].[Na+]. The fourth-order valence-electron chi connectivity index (χ4n) is 1.47. The molecule has 0 spiro atoms. The molecule has 0 saturated carbocycles. The van der Waals surface area contributed by atoms with Crippen LogP contribution in [0, 0.1) is 0 Å². The zero-order chi connectivity index (χ0) is 13.1. The molecule has 0 amide bonds. The molecule has 0 heterocycles. The van der Waals surface area contributed by atoms with Crippen LogP contribution in [0.4, 0.5) is 0 Å². The van der Waals surface area contributed by atoms with Gasteiger partial charge in [-0.25, -0.2) is 8.42 Å². The van der Waals surface area contributed by atoms with E-state index in [4.69, 9.17) is 0 Å². The number of ketones is 1. The van der Waals surface area contributed by atoms with Crippen molar-refractivity contribution >= 4 is 16.2 Å². The van der Waals surface area contributed by atoms with E-state index < -0.39 is 10.4 Å². The van der Waals surface area contributed by atoms with Crippen LogP contribution in [-0.4, -0.2) is 25.4 Å². The van der Waals surface area contributed by atoms with E-state index in [1.165, 1.54) is 0 Å². The molecule has 0 fully saturated rings. The summed E-state index contributed by atoms with van der Waals surface area (Å²) < 4.78 is 34.3. The Morgan fingerprint density at radius 2 is 1.56 bits per heavy atom. The van der Waals surface area contributed by atoms with Crippen molar-refractivity contribution in [2.45, 2.75) is 58.3 Å². The van der Waals surface area contributed by atoms with Crippen LogP contribution >= 0.6 is 0 Å². The smallest absolute Gasteiger partial charge is 0.726 e. The van der Waals surface area contributed by atoms with Crippen molar-refractivity contribution in [2.24, 2.45) is 0 Å². The molecule has 0 bridgehead atoms. The Labute approximate surface area is 132 Å². The van der Waals surface area contributed by atoms with Gasteiger partial charge in [0.15, 0.2) is 0 Å². The summed E-state index contributed by atoms with van der Waals surface area (Å²) in [6.45, 7) is 1.84. The summed E-state index contributed by atoms with van der Waals surface area (Å²) in [6, 6.07) is 0. The minimum Gasteiger partial charge on any atom is -0.726 e. The molecule has 0 aliphatic rings. The molecule has 0 saturated heterocycles. The van der Waals surface area contributed by atoms with Crippen molar-refractivity contribution in [2.75, 3.05) is 6.61 Å². The second-order valence-electron chi connectivity index (χ2n) is 3.99. The minimum absolute atomic E-state index is 0. The molecule has 102 valence electrons. The van der Waals surface area contributed by atoms with Crippen LogP contribution in [0.3, 0.4) is 0 Å². The van der Waals surface area contributed by atoms with Gasteiger partial charge in [0.05, 0.1) is 6.61 Å². The van der Waals surface area contributed by atoms with Crippen LogP contribution in [0.1, 0.15) is 58.3 Å². The Balaban J connectivity index is 0. The van der Waals surface area contributed by atoms with E-state index in [0.29, 0.717) is 25.0 Å². The van der Waals surface area contributed by atoms with Gasteiger partial charge in [-0.15, -0.1) is 0 Å². The summed E-state index contributed by atoms with van der Waals surface area (Å²) in [5.41, 5.74) is 0. The van der Waals surface area contributed by atoms with Crippen LogP contribution in [0.2, 0.25) is 0 Å². The number of rotatable bonds is 11. The maximum Gasteiger partial charge on any atom is 1.00 e. The van der Waals surface area contributed by atoms with Gasteiger partial charge in [-0.1, -0.05) is 32.6 Å². The summed E-state index contributed by atoms with van der Waals surface area (Å²) in [7, 11) is -4.53. The predicted octanol–water partition coefficient (Wildman–Crippen LogP) is -0.823. The number of hydrogen-bond donors (Lipinski definition) is 0. The standard InChI is InChI=1S/C11H22O5S.Na/c1-2-11(12)9-7-5-3-4-6-8-10-16-17(13,14)15;/h2-10H2,1H3,(H,13,14,15);/q;+1/p-1. The maximum absolute atomic E-state index is 11.0. The molecule has 0 aliphatic heterocycles. The molecule has 0 unspecified atom stereocenters. The molecule has 0 atom stereocenters. The quantitative estimate of drug-likeness (QED) is 0.215. The molecule has 0 aromatic carbocycles. The molecular weight excluding hydrogens is 267 g/mol. The molecule has 0 rings (SSSR count). The van der Waals surface area contributed by atoms with Crippen molar-refractivity contribution < 1.29 is 51.5 Å². The molecule has 0 N–H and O–H groups in total. The average Bonchev–Trinajstić information content (AvgIpc) is 2.25. The van der Waals surface area contributed by atoms with Crippen LogP contribution in [0.25, 0.3) is 0 Å². The fourth-order valence-corrected chi connectivity index (χ4v) is 1.79. The van der Waals surface area contributed by atoms with E-state index in [2.05, 4.69) is 4.18 Å². The Morgan fingerprint density at radius 1 is 1.06 bits per heavy atom. The largest absolute Gasteiger partial charge is 1.00 e. The molecule has 0 radical (unpaired) electrons. The minimum atomic E-state index is -4.53. The maximum atomic E-state index is 11.0. The van der Waals surface area contributed by atoms with Crippen LogP contribution < -0.4 is 29.6 Å². The van der Waals surface area contributed by atoms with Gasteiger partial charge in [0.2, 0.25) is 10.4 Å². The number of carbonyl (C=O) groups is 1. The summed E-state index contributed by atoms with van der Waals surface area (Å²) >= 11 is 0. The molecular formula is C11H21NaO5S. The summed E-state index contributed by atoms with van der Waals surface area (Å²) in [5, 5.41) is 0. The first-order chi connectivity index (χ1) is 7.95. The first-order valence-corrected chi connectivity index (χ1v) is 7.41. The zero-order valence-corrected chi connectivity index (χ0v) is 14.1. The first-order valence-electron chi connectivity index (χ1n) is 6.07. The zero-order valence-electron chi connectivity index (χ0n) is 11.3. The molecule has 0 aliphatic carbocycles. The topological polar surface area (TPSA) is 83.5 Å².